The number of hydrogen-bond donors (Lipinski definition) is 2. The molecule has 6 rings (SSSR count). The van der Waals surface area contributed by atoms with Crippen molar-refractivity contribution in [1.82, 2.24) is 20.1 Å². The molecule has 0 amide bonds. The third-order valence-electron chi connectivity index (χ3n) is 8.64. The summed E-state index contributed by atoms with van der Waals surface area (Å²) in [6.45, 7) is 8.22. The molecular weight excluding hydrogens is 598 g/mol. The van der Waals surface area contributed by atoms with E-state index in [1.165, 1.54) is 18.9 Å². The van der Waals surface area contributed by atoms with Gasteiger partial charge in [-0.15, -0.1) is 8.80 Å². The molecular formula is C29H37Cl2FN8OS. The Morgan fingerprint density at radius 2 is 1.83 bits per heavy atom. The zero-order chi connectivity index (χ0) is 29.2. The molecule has 13 heteroatoms. The second-order valence-corrected chi connectivity index (χ2v) is 13.2. The summed E-state index contributed by atoms with van der Waals surface area (Å²) in [7, 11) is 0. The lowest BCUT2D eigenvalue weighted by atomic mass is 9.97. The van der Waals surface area contributed by atoms with E-state index in [9.17, 15) is 8.60 Å². The van der Waals surface area contributed by atoms with E-state index in [1.807, 2.05) is 6.07 Å². The number of halogens is 3. The van der Waals surface area contributed by atoms with Gasteiger partial charge in [-0.25, -0.2) is 13.6 Å². The summed E-state index contributed by atoms with van der Waals surface area (Å²) in [5.74, 6) is 2.17. The van der Waals surface area contributed by atoms with E-state index in [1.54, 1.807) is 18.3 Å². The predicted molar refractivity (Wildman–Crippen MR) is 169 cm³/mol. The lowest BCUT2D eigenvalue weighted by Gasteiger charge is -2.47. The first kappa shape index (κ1) is 29.7. The maximum absolute atomic E-state index is 14.3. The molecule has 2 N–H and O–H groups in total. The number of piperidine rings is 1. The van der Waals surface area contributed by atoms with Crippen LogP contribution in [0, 0.1) is 11.7 Å². The third kappa shape index (κ3) is 7.07. The smallest absolute Gasteiger partial charge is 0.269 e. The van der Waals surface area contributed by atoms with Gasteiger partial charge in [0.05, 0.1) is 16.9 Å². The molecule has 226 valence electrons. The van der Waals surface area contributed by atoms with Crippen molar-refractivity contribution in [1.29, 1.82) is 0 Å². The zero-order valence-electron chi connectivity index (χ0n) is 23.7. The fourth-order valence-electron chi connectivity index (χ4n) is 6.10. The number of nitrogens with one attached hydrogen (secondary N) is 2. The van der Waals surface area contributed by atoms with Crippen LogP contribution in [-0.2, 0) is 17.7 Å². The molecule has 0 spiro atoms. The molecule has 1 aliphatic carbocycles. The number of nitrogens with zero attached hydrogens (tertiary/aromatic N) is 6. The molecule has 3 fully saturated rings. The van der Waals surface area contributed by atoms with E-state index >= 15 is 0 Å². The molecule has 4 heterocycles. The summed E-state index contributed by atoms with van der Waals surface area (Å²) in [5, 5.41) is 7.44. The summed E-state index contributed by atoms with van der Waals surface area (Å²) in [6, 6.07) is 7.71. The van der Waals surface area contributed by atoms with Gasteiger partial charge in [-0.05, 0) is 69.3 Å². The van der Waals surface area contributed by atoms with Gasteiger partial charge in [0.15, 0.2) is 11.7 Å². The molecule has 4 aliphatic rings. The summed E-state index contributed by atoms with van der Waals surface area (Å²) in [4.78, 5) is 12.0. The molecule has 0 radical (unpaired) electrons. The summed E-state index contributed by atoms with van der Waals surface area (Å²) in [5.41, 5.74) is 1.38. The van der Waals surface area contributed by atoms with E-state index in [2.05, 4.69) is 41.1 Å². The Kier molecular flexibility index (Phi) is 9.30. The first-order valence-electron chi connectivity index (χ1n) is 14.8. The van der Waals surface area contributed by atoms with Crippen LogP contribution in [-0.4, -0.2) is 82.0 Å². The SMILES string of the molecule is CC[C@H]1CN(c2ncc(NC3=NS(=O)N=C3NCC3CC3)cc2Cl)CCN1C1CCN(Cc2ccc(Cl)cc2F)CC1. The number of benzene rings is 1. The maximum atomic E-state index is 14.3. The van der Waals surface area contributed by atoms with Crippen LogP contribution in [0.4, 0.5) is 15.9 Å². The molecule has 2 saturated heterocycles. The minimum atomic E-state index is -1.63. The molecule has 42 heavy (non-hydrogen) atoms. The molecule has 0 bridgehead atoms. The fourth-order valence-corrected chi connectivity index (χ4v) is 7.18. The van der Waals surface area contributed by atoms with Crippen molar-refractivity contribution in [3.8, 4) is 0 Å². The van der Waals surface area contributed by atoms with Crippen LogP contribution in [0.3, 0.4) is 0 Å². The first-order valence-corrected chi connectivity index (χ1v) is 16.6. The van der Waals surface area contributed by atoms with E-state index in [0.717, 1.165) is 64.3 Å². The normalized spacial score (nSPS) is 24.0. The summed E-state index contributed by atoms with van der Waals surface area (Å²) < 4.78 is 34.5. The maximum Gasteiger partial charge on any atom is 0.269 e. The van der Waals surface area contributed by atoms with Crippen molar-refractivity contribution >= 4 is 57.6 Å². The van der Waals surface area contributed by atoms with Crippen molar-refractivity contribution in [3.05, 3.63) is 51.9 Å². The average Bonchev–Trinajstić information content (AvgIpc) is 3.75. The van der Waals surface area contributed by atoms with E-state index in [-0.39, 0.29) is 5.82 Å². The van der Waals surface area contributed by atoms with Gasteiger partial charge in [-0.3, -0.25) is 9.80 Å². The Morgan fingerprint density at radius 3 is 2.55 bits per heavy atom. The van der Waals surface area contributed by atoms with Gasteiger partial charge >= 0.3 is 0 Å². The minimum Gasteiger partial charge on any atom is -0.366 e. The highest BCUT2D eigenvalue weighted by molar-refractivity contribution is 7.83. The Bertz CT molecular complexity index is 1380. The van der Waals surface area contributed by atoms with Crippen LogP contribution < -0.4 is 15.5 Å². The molecule has 2 atom stereocenters. The first-order chi connectivity index (χ1) is 20.4. The number of anilines is 2. The van der Waals surface area contributed by atoms with E-state index in [0.29, 0.717) is 57.5 Å². The molecule has 9 nitrogen and oxygen atoms in total. The lowest BCUT2D eigenvalue weighted by molar-refractivity contribution is 0.0607. The zero-order valence-corrected chi connectivity index (χ0v) is 26.1. The average molecular weight is 636 g/mol. The summed E-state index contributed by atoms with van der Waals surface area (Å²) >= 11 is 11.1. The van der Waals surface area contributed by atoms with E-state index < -0.39 is 11.2 Å². The highest BCUT2D eigenvalue weighted by Crippen LogP contribution is 2.31. The standard InChI is InChI=1S/C29H37Cl2FN8OS/c1-2-23-18-39(11-12-40(23)24-7-9-38(10-8-24)17-20-5-6-21(30)13-26(20)32)29-25(31)14-22(16-34-29)35-28-27(36-42(41)37-28)33-15-19-3-4-19/h5-6,13-14,16,19,23-24H,2-4,7-12,15,17-18H2,1H3,(H,33,36)(H,35,37)/t23-,42?/m0/s1. The van der Waals surface area contributed by atoms with Gasteiger partial charge < -0.3 is 15.5 Å². The van der Waals surface area contributed by atoms with Gasteiger partial charge in [0.2, 0.25) is 0 Å². The van der Waals surface area contributed by atoms with E-state index in [4.69, 9.17) is 28.2 Å². The summed E-state index contributed by atoms with van der Waals surface area (Å²) in [6.07, 6.45) is 7.35. The quantitative estimate of drug-likeness (QED) is 0.427. The van der Waals surface area contributed by atoms with Gasteiger partial charge in [-0.1, -0.05) is 36.2 Å². The van der Waals surface area contributed by atoms with Crippen LogP contribution in [0.1, 0.15) is 44.6 Å². The predicted octanol–water partition coefficient (Wildman–Crippen LogP) is 4.89. The van der Waals surface area contributed by atoms with Crippen molar-refractivity contribution < 1.29 is 8.60 Å². The monoisotopic (exact) mass is 634 g/mol. The number of likely N-dealkylation sites (tertiary alicyclic amines) is 1. The van der Waals surface area contributed by atoms with Crippen molar-refractivity contribution in [2.24, 2.45) is 14.7 Å². The Morgan fingerprint density at radius 1 is 1.05 bits per heavy atom. The van der Waals surface area contributed by atoms with Crippen LogP contribution in [0.5, 0.6) is 0 Å². The third-order valence-corrected chi connectivity index (χ3v) is 9.83. The topological polar surface area (TPSA) is 88.5 Å². The Labute approximate surface area is 259 Å². The van der Waals surface area contributed by atoms with Gasteiger partial charge in [0.1, 0.15) is 11.6 Å². The number of pyridine rings is 1. The van der Waals surface area contributed by atoms with Crippen molar-refractivity contribution in [3.63, 3.8) is 0 Å². The van der Waals surface area contributed by atoms with Crippen LogP contribution >= 0.6 is 23.2 Å². The van der Waals surface area contributed by atoms with Gasteiger partial charge in [0.25, 0.3) is 11.2 Å². The number of rotatable bonds is 8. The molecule has 2 aromatic rings. The second kappa shape index (κ2) is 13.1. The second-order valence-electron chi connectivity index (χ2n) is 11.6. The number of aromatic nitrogens is 1. The molecule has 1 unspecified atom stereocenters. The van der Waals surface area contributed by atoms with Crippen molar-refractivity contribution in [2.45, 2.75) is 57.7 Å². The lowest BCUT2D eigenvalue weighted by Crippen LogP contribution is -2.58. The van der Waals surface area contributed by atoms with Gasteiger partial charge in [0, 0.05) is 55.4 Å². The molecule has 3 aliphatic heterocycles. The van der Waals surface area contributed by atoms with Gasteiger partial charge in [-0.2, -0.15) is 0 Å². The highest BCUT2D eigenvalue weighted by atomic mass is 35.5. The number of hydrogen-bond acceptors (Lipinski definition) is 7. The van der Waals surface area contributed by atoms with Crippen molar-refractivity contribution in [2.75, 3.05) is 49.5 Å². The highest BCUT2D eigenvalue weighted by Gasteiger charge is 2.34. The fraction of sp³-hybridized carbons (Fsp3) is 0.552. The molecule has 1 saturated carbocycles. The van der Waals surface area contributed by atoms with Crippen LogP contribution in [0.25, 0.3) is 0 Å². The Balaban J connectivity index is 1.03. The molecule has 1 aromatic heterocycles. The number of amidine groups is 2. The number of piperazine rings is 1. The largest absolute Gasteiger partial charge is 0.366 e. The molecule has 1 aromatic carbocycles. The Hall–Kier alpha value is -2.31. The minimum absolute atomic E-state index is 0.230. The van der Waals surface area contributed by atoms with Crippen LogP contribution in [0.15, 0.2) is 39.3 Å². The van der Waals surface area contributed by atoms with Crippen LogP contribution in [0.2, 0.25) is 10.0 Å².